The summed E-state index contributed by atoms with van der Waals surface area (Å²) in [7, 11) is 1.62. The van der Waals surface area contributed by atoms with Gasteiger partial charge in [0.2, 0.25) is 11.7 Å². The molecule has 0 fully saturated rings. The maximum Gasteiger partial charge on any atom is 0.328 e. The molecule has 1 heterocycles. The predicted octanol–water partition coefficient (Wildman–Crippen LogP) is 0.752. The Morgan fingerprint density at radius 1 is 1.68 bits per heavy atom. The number of pyridine rings is 1. The molecule has 0 bridgehead atoms. The highest BCUT2D eigenvalue weighted by molar-refractivity contribution is 5.81. The second-order valence-electron chi connectivity index (χ2n) is 3.69. The normalized spacial score (nSPS) is 9.53. The molecule has 0 aliphatic carbocycles. The van der Waals surface area contributed by atoms with E-state index < -0.39 is 10.6 Å². The average molecular weight is 263 g/mol. The second kappa shape index (κ2) is 6.30. The molecule has 1 aromatic rings. The zero-order valence-electron chi connectivity index (χ0n) is 10.6. The van der Waals surface area contributed by atoms with Crippen LogP contribution in [0.3, 0.4) is 0 Å². The summed E-state index contributed by atoms with van der Waals surface area (Å²) >= 11 is 0. The van der Waals surface area contributed by atoms with E-state index in [1.807, 2.05) is 6.92 Å². The van der Waals surface area contributed by atoms with Crippen LogP contribution < -0.4 is 5.32 Å². The molecule has 8 nitrogen and oxygen atoms in total. The maximum atomic E-state index is 11.6. The minimum Gasteiger partial charge on any atom is -0.355 e. The van der Waals surface area contributed by atoms with Gasteiger partial charge in [-0.2, -0.15) is 5.26 Å². The Kier molecular flexibility index (Phi) is 4.76. The van der Waals surface area contributed by atoms with Gasteiger partial charge >= 0.3 is 5.69 Å². The van der Waals surface area contributed by atoms with Crippen molar-refractivity contribution in [1.29, 1.82) is 5.26 Å². The van der Waals surface area contributed by atoms with E-state index in [1.54, 1.807) is 13.1 Å². The number of carbonyl (C=O) groups is 1. The van der Waals surface area contributed by atoms with Crippen molar-refractivity contribution in [2.45, 2.75) is 6.92 Å². The number of aromatic nitrogens is 1. The zero-order chi connectivity index (χ0) is 14.4. The van der Waals surface area contributed by atoms with Crippen molar-refractivity contribution in [1.82, 2.24) is 9.88 Å². The predicted molar refractivity (Wildman–Crippen MR) is 67.4 cm³/mol. The van der Waals surface area contributed by atoms with Gasteiger partial charge < -0.3 is 10.2 Å². The van der Waals surface area contributed by atoms with E-state index in [9.17, 15) is 14.9 Å². The lowest BCUT2D eigenvalue weighted by atomic mass is 10.2. The monoisotopic (exact) mass is 263 g/mol. The van der Waals surface area contributed by atoms with Crippen LogP contribution in [0.4, 0.5) is 11.5 Å². The Morgan fingerprint density at radius 2 is 2.37 bits per heavy atom. The summed E-state index contributed by atoms with van der Waals surface area (Å²) in [5.74, 6) is -0.303. The molecular formula is C11H13N5O3. The fraction of sp³-hybridized carbons (Fsp3) is 0.364. The first kappa shape index (κ1) is 14.4. The largest absolute Gasteiger partial charge is 0.355 e. The highest BCUT2D eigenvalue weighted by atomic mass is 16.6. The number of carbonyl (C=O) groups excluding carboxylic acids is 1. The van der Waals surface area contributed by atoms with Gasteiger partial charge in [0.05, 0.1) is 11.5 Å². The Morgan fingerprint density at radius 3 is 2.89 bits per heavy atom. The van der Waals surface area contributed by atoms with Crippen LogP contribution in [0.1, 0.15) is 12.5 Å². The van der Waals surface area contributed by atoms with Crippen LogP contribution in [0.2, 0.25) is 0 Å². The summed E-state index contributed by atoms with van der Waals surface area (Å²) < 4.78 is 0. The smallest absolute Gasteiger partial charge is 0.328 e. The van der Waals surface area contributed by atoms with Crippen LogP contribution in [0.5, 0.6) is 0 Å². The van der Waals surface area contributed by atoms with Gasteiger partial charge in [-0.25, -0.2) is 4.98 Å². The first-order chi connectivity index (χ1) is 9.01. The van der Waals surface area contributed by atoms with Crippen molar-refractivity contribution >= 4 is 17.4 Å². The number of likely N-dealkylation sites (N-methyl/N-ethyl adjacent to an activating group) is 1. The molecule has 0 unspecified atom stereocenters. The van der Waals surface area contributed by atoms with Gasteiger partial charge in [-0.05, 0) is 13.0 Å². The minimum absolute atomic E-state index is 0.0816. The van der Waals surface area contributed by atoms with Crippen LogP contribution in [-0.2, 0) is 4.79 Å². The fourth-order valence-electron chi connectivity index (χ4n) is 1.33. The van der Waals surface area contributed by atoms with Gasteiger partial charge in [0.1, 0.15) is 11.6 Å². The van der Waals surface area contributed by atoms with Crippen molar-refractivity contribution in [2.75, 3.05) is 25.5 Å². The highest BCUT2D eigenvalue weighted by Gasteiger charge is 2.21. The third kappa shape index (κ3) is 3.38. The number of hydrogen-bond acceptors (Lipinski definition) is 6. The summed E-state index contributed by atoms with van der Waals surface area (Å²) in [6.07, 6.45) is 1.28. The molecule has 0 atom stereocenters. The van der Waals surface area contributed by atoms with Crippen molar-refractivity contribution in [3.05, 3.63) is 27.9 Å². The van der Waals surface area contributed by atoms with Gasteiger partial charge in [0.15, 0.2) is 0 Å². The maximum absolute atomic E-state index is 11.6. The fourth-order valence-corrected chi connectivity index (χ4v) is 1.33. The number of hydrogen-bond donors (Lipinski definition) is 1. The Hall–Kier alpha value is -2.69. The van der Waals surface area contributed by atoms with Crippen LogP contribution >= 0.6 is 0 Å². The Balaban J connectivity index is 2.94. The van der Waals surface area contributed by atoms with E-state index in [2.05, 4.69) is 10.3 Å². The summed E-state index contributed by atoms with van der Waals surface area (Å²) in [6.45, 7) is 2.23. The SMILES string of the molecule is CCN(C)C(=O)CNc1nccc(C#N)c1[N+](=O)[O-]. The summed E-state index contributed by atoms with van der Waals surface area (Å²) in [5, 5.41) is 22.3. The molecule has 0 saturated carbocycles. The highest BCUT2D eigenvalue weighted by Crippen LogP contribution is 2.25. The van der Waals surface area contributed by atoms with Gasteiger partial charge in [0, 0.05) is 19.8 Å². The summed E-state index contributed by atoms with van der Waals surface area (Å²) in [5.41, 5.74) is -0.518. The molecule has 0 aromatic carbocycles. The van der Waals surface area contributed by atoms with Crippen molar-refractivity contribution in [3.8, 4) is 6.07 Å². The molecule has 1 rings (SSSR count). The van der Waals surface area contributed by atoms with Crippen molar-refractivity contribution in [2.24, 2.45) is 0 Å². The number of amides is 1. The van der Waals surface area contributed by atoms with Crippen LogP contribution in [0.25, 0.3) is 0 Å². The van der Waals surface area contributed by atoms with Crippen LogP contribution in [-0.4, -0.2) is 40.9 Å². The topological polar surface area (TPSA) is 112 Å². The molecule has 0 aliphatic heterocycles. The second-order valence-corrected chi connectivity index (χ2v) is 3.69. The van der Waals surface area contributed by atoms with Gasteiger partial charge in [-0.15, -0.1) is 0 Å². The zero-order valence-corrected chi connectivity index (χ0v) is 10.6. The molecule has 0 radical (unpaired) electrons. The quantitative estimate of drug-likeness (QED) is 0.619. The number of nitro groups is 1. The molecule has 100 valence electrons. The molecule has 1 aromatic heterocycles. The third-order valence-electron chi connectivity index (χ3n) is 2.53. The first-order valence-corrected chi connectivity index (χ1v) is 5.52. The summed E-state index contributed by atoms with van der Waals surface area (Å²) in [4.78, 5) is 27.1. The molecule has 1 amide bonds. The lowest BCUT2D eigenvalue weighted by molar-refractivity contribution is -0.384. The van der Waals surface area contributed by atoms with E-state index in [-0.39, 0.29) is 23.8 Å². The number of nitrogens with one attached hydrogen (secondary N) is 1. The molecule has 0 saturated heterocycles. The molecule has 19 heavy (non-hydrogen) atoms. The molecule has 8 heteroatoms. The third-order valence-corrected chi connectivity index (χ3v) is 2.53. The lowest BCUT2D eigenvalue weighted by Crippen LogP contribution is -2.32. The first-order valence-electron chi connectivity index (χ1n) is 5.52. The number of rotatable bonds is 5. The Bertz CT molecular complexity index is 538. The van der Waals surface area contributed by atoms with Crippen LogP contribution in [0, 0.1) is 21.4 Å². The Labute approximate surface area is 109 Å². The number of anilines is 1. The summed E-state index contributed by atoms with van der Waals surface area (Å²) in [6, 6.07) is 2.98. The molecular weight excluding hydrogens is 250 g/mol. The van der Waals surface area contributed by atoms with E-state index in [1.165, 1.54) is 17.2 Å². The van der Waals surface area contributed by atoms with Gasteiger partial charge in [-0.3, -0.25) is 14.9 Å². The van der Waals surface area contributed by atoms with Crippen molar-refractivity contribution in [3.63, 3.8) is 0 Å². The van der Waals surface area contributed by atoms with E-state index in [0.29, 0.717) is 6.54 Å². The van der Waals surface area contributed by atoms with Gasteiger partial charge in [-0.1, -0.05) is 0 Å². The average Bonchev–Trinajstić information content (AvgIpc) is 2.42. The van der Waals surface area contributed by atoms with Gasteiger partial charge in [0.25, 0.3) is 0 Å². The molecule has 0 aliphatic rings. The van der Waals surface area contributed by atoms with E-state index in [0.717, 1.165) is 0 Å². The minimum atomic E-state index is -0.693. The van der Waals surface area contributed by atoms with Crippen molar-refractivity contribution < 1.29 is 9.72 Å². The standard InChI is InChI=1S/C11H13N5O3/c1-3-15(2)9(17)7-14-11-10(16(18)19)8(6-12)4-5-13-11/h4-5H,3,7H2,1-2H3,(H,13,14). The van der Waals surface area contributed by atoms with E-state index in [4.69, 9.17) is 5.26 Å². The number of nitrogens with zero attached hydrogens (tertiary/aromatic N) is 4. The molecule has 1 N–H and O–H groups in total. The molecule has 0 spiro atoms. The number of nitriles is 1. The lowest BCUT2D eigenvalue weighted by Gasteiger charge is -2.14. The van der Waals surface area contributed by atoms with E-state index >= 15 is 0 Å². The van der Waals surface area contributed by atoms with Crippen LogP contribution in [0.15, 0.2) is 12.3 Å².